The molecular formula is C27H27N3O2. The summed E-state index contributed by atoms with van der Waals surface area (Å²) < 4.78 is 1.63. The Bertz CT molecular complexity index is 1330. The SMILES string of the molecule is Cc1cccc(Cn2cccc(C(=O)N3CCC(c4c[nH]c5ccccc45)CC3)c2=O)c1. The highest BCUT2D eigenvalue weighted by Crippen LogP contribution is 2.33. The van der Waals surface area contributed by atoms with E-state index < -0.39 is 0 Å². The van der Waals surface area contributed by atoms with Gasteiger partial charge in [0.05, 0.1) is 6.54 Å². The van der Waals surface area contributed by atoms with E-state index >= 15 is 0 Å². The average Bonchev–Trinajstić information content (AvgIpc) is 3.24. The van der Waals surface area contributed by atoms with Gasteiger partial charge >= 0.3 is 0 Å². The van der Waals surface area contributed by atoms with E-state index in [1.165, 1.54) is 10.9 Å². The third-order valence-corrected chi connectivity index (χ3v) is 6.53. The first kappa shape index (κ1) is 20.3. The van der Waals surface area contributed by atoms with Gasteiger partial charge in [-0.05, 0) is 55.0 Å². The van der Waals surface area contributed by atoms with Crippen LogP contribution in [0, 0.1) is 6.92 Å². The van der Waals surface area contributed by atoms with Crippen molar-refractivity contribution in [1.82, 2.24) is 14.5 Å². The molecule has 1 aliphatic heterocycles. The molecule has 0 spiro atoms. The van der Waals surface area contributed by atoms with Gasteiger partial charge in [0.15, 0.2) is 0 Å². The van der Waals surface area contributed by atoms with E-state index in [2.05, 4.69) is 35.4 Å². The van der Waals surface area contributed by atoms with E-state index in [-0.39, 0.29) is 17.0 Å². The van der Waals surface area contributed by atoms with Crippen molar-refractivity contribution in [2.24, 2.45) is 0 Å². The molecule has 162 valence electrons. The van der Waals surface area contributed by atoms with Crippen LogP contribution in [-0.2, 0) is 6.54 Å². The Morgan fingerprint density at radius 2 is 1.84 bits per heavy atom. The summed E-state index contributed by atoms with van der Waals surface area (Å²) in [6.07, 6.45) is 5.66. The number of aryl methyl sites for hydroxylation is 1. The molecular weight excluding hydrogens is 398 g/mol. The van der Waals surface area contributed by atoms with Gasteiger partial charge in [0.1, 0.15) is 5.56 Å². The largest absolute Gasteiger partial charge is 0.361 e. The van der Waals surface area contributed by atoms with Gasteiger partial charge in [0.2, 0.25) is 0 Å². The number of carbonyl (C=O) groups excluding carboxylic acids is 1. The molecule has 4 aromatic rings. The maximum atomic E-state index is 13.2. The molecule has 0 atom stereocenters. The van der Waals surface area contributed by atoms with E-state index in [1.807, 2.05) is 36.1 Å². The molecule has 5 rings (SSSR count). The predicted octanol–water partition coefficient (Wildman–Crippen LogP) is 4.71. The molecule has 1 N–H and O–H groups in total. The van der Waals surface area contributed by atoms with Crippen molar-refractivity contribution in [2.45, 2.75) is 32.2 Å². The Labute approximate surface area is 187 Å². The van der Waals surface area contributed by atoms with Crippen LogP contribution in [0.15, 0.2) is 77.9 Å². The fourth-order valence-corrected chi connectivity index (χ4v) is 4.83. The van der Waals surface area contributed by atoms with Crippen molar-refractivity contribution in [2.75, 3.05) is 13.1 Å². The van der Waals surface area contributed by atoms with Crippen LogP contribution in [0.1, 0.15) is 45.8 Å². The lowest BCUT2D eigenvalue weighted by molar-refractivity contribution is 0.0711. The number of H-pyrrole nitrogens is 1. The molecule has 3 heterocycles. The summed E-state index contributed by atoms with van der Waals surface area (Å²) in [5.41, 5.74) is 4.72. The number of fused-ring (bicyclic) bond motifs is 1. The van der Waals surface area contributed by atoms with Crippen LogP contribution in [0.4, 0.5) is 0 Å². The minimum atomic E-state index is -0.224. The molecule has 1 fully saturated rings. The molecule has 1 aliphatic rings. The van der Waals surface area contributed by atoms with Crippen molar-refractivity contribution in [1.29, 1.82) is 0 Å². The van der Waals surface area contributed by atoms with E-state index in [0.717, 1.165) is 29.5 Å². The van der Waals surface area contributed by atoms with Crippen molar-refractivity contribution < 1.29 is 4.79 Å². The maximum absolute atomic E-state index is 13.2. The van der Waals surface area contributed by atoms with Gasteiger partial charge in [0, 0.05) is 36.4 Å². The fourth-order valence-electron chi connectivity index (χ4n) is 4.83. The molecule has 5 nitrogen and oxygen atoms in total. The zero-order valence-corrected chi connectivity index (χ0v) is 18.3. The molecule has 1 amide bonds. The monoisotopic (exact) mass is 425 g/mol. The number of pyridine rings is 1. The molecule has 0 bridgehead atoms. The van der Waals surface area contributed by atoms with Gasteiger partial charge < -0.3 is 14.5 Å². The predicted molar refractivity (Wildman–Crippen MR) is 127 cm³/mol. The first-order valence-electron chi connectivity index (χ1n) is 11.2. The smallest absolute Gasteiger partial charge is 0.263 e. The van der Waals surface area contributed by atoms with Gasteiger partial charge in [-0.15, -0.1) is 0 Å². The lowest BCUT2D eigenvalue weighted by Gasteiger charge is -2.32. The van der Waals surface area contributed by atoms with E-state index in [9.17, 15) is 9.59 Å². The topological polar surface area (TPSA) is 58.1 Å². The Morgan fingerprint density at radius 3 is 2.66 bits per heavy atom. The summed E-state index contributed by atoms with van der Waals surface area (Å²) in [7, 11) is 0. The number of rotatable bonds is 4. The van der Waals surface area contributed by atoms with E-state index in [4.69, 9.17) is 0 Å². The van der Waals surface area contributed by atoms with Crippen LogP contribution in [0.2, 0.25) is 0 Å². The van der Waals surface area contributed by atoms with Crippen molar-refractivity contribution in [3.63, 3.8) is 0 Å². The number of aromatic nitrogens is 2. The molecule has 32 heavy (non-hydrogen) atoms. The fraction of sp³-hybridized carbons (Fsp3) is 0.259. The third kappa shape index (κ3) is 3.86. The lowest BCUT2D eigenvalue weighted by atomic mass is 9.89. The number of hydrogen-bond acceptors (Lipinski definition) is 2. The summed E-state index contributed by atoms with van der Waals surface area (Å²) in [6.45, 7) is 3.82. The number of hydrogen-bond donors (Lipinski definition) is 1. The van der Waals surface area contributed by atoms with Gasteiger partial charge in [-0.3, -0.25) is 9.59 Å². The second kappa shape index (κ2) is 8.50. The van der Waals surface area contributed by atoms with Crippen molar-refractivity contribution in [3.8, 4) is 0 Å². The second-order valence-corrected chi connectivity index (χ2v) is 8.70. The number of aromatic amines is 1. The number of para-hydroxylation sites is 1. The molecule has 0 radical (unpaired) electrons. The Morgan fingerprint density at radius 1 is 1.03 bits per heavy atom. The zero-order chi connectivity index (χ0) is 22.1. The van der Waals surface area contributed by atoms with E-state index in [0.29, 0.717) is 25.6 Å². The summed E-state index contributed by atoms with van der Waals surface area (Å²) in [5.74, 6) is 0.259. The Hall–Kier alpha value is -3.60. The zero-order valence-electron chi connectivity index (χ0n) is 18.3. The summed E-state index contributed by atoms with van der Waals surface area (Å²) in [6, 6.07) is 19.9. The van der Waals surface area contributed by atoms with Gasteiger partial charge in [-0.1, -0.05) is 48.0 Å². The molecule has 2 aromatic heterocycles. The Kier molecular flexibility index (Phi) is 5.39. The molecule has 5 heteroatoms. The summed E-state index contributed by atoms with van der Waals surface area (Å²) >= 11 is 0. The highest BCUT2D eigenvalue weighted by molar-refractivity contribution is 5.94. The number of likely N-dealkylation sites (tertiary alicyclic amines) is 1. The minimum Gasteiger partial charge on any atom is -0.361 e. The molecule has 1 saturated heterocycles. The summed E-state index contributed by atoms with van der Waals surface area (Å²) in [4.78, 5) is 31.4. The molecule has 0 aliphatic carbocycles. The number of nitrogens with zero attached hydrogens (tertiary/aromatic N) is 2. The van der Waals surface area contributed by atoms with Gasteiger partial charge in [-0.25, -0.2) is 0 Å². The van der Waals surface area contributed by atoms with Crippen LogP contribution >= 0.6 is 0 Å². The highest BCUT2D eigenvalue weighted by atomic mass is 16.2. The van der Waals surface area contributed by atoms with Crippen LogP contribution in [0.3, 0.4) is 0 Å². The lowest BCUT2D eigenvalue weighted by Crippen LogP contribution is -2.41. The second-order valence-electron chi connectivity index (χ2n) is 8.70. The first-order valence-corrected chi connectivity index (χ1v) is 11.2. The van der Waals surface area contributed by atoms with Crippen LogP contribution < -0.4 is 5.56 Å². The number of benzene rings is 2. The van der Waals surface area contributed by atoms with Crippen LogP contribution in [-0.4, -0.2) is 33.4 Å². The van der Waals surface area contributed by atoms with E-state index in [1.54, 1.807) is 22.9 Å². The number of nitrogens with one attached hydrogen (secondary N) is 1. The highest BCUT2D eigenvalue weighted by Gasteiger charge is 2.27. The van der Waals surface area contributed by atoms with Crippen molar-refractivity contribution in [3.05, 3.63) is 106 Å². The Balaban J connectivity index is 1.30. The number of carbonyl (C=O) groups is 1. The molecule has 0 saturated carbocycles. The first-order chi connectivity index (χ1) is 15.6. The minimum absolute atomic E-state index is 0.161. The third-order valence-electron chi connectivity index (χ3n) is 6.53. The van der Waals surface area contributed by atoms with Crippen molar-refractivity contribution >= 4 is 16.8 Å². The number of piperidine rings is 1. The maximum Gasteiger partial charge on any atom is 0.263 e. The van der Waals surface area contributed by atoms with Crippen LogP contribution in [0.25, 0.3) is 10.9 Å². The molecule has 0 unspecified atom stereocenters. The van der Waals surface area contributed by atoms with Gasteiger partial charge in [0.25, 0.3) is 11.5 Å². The number of amides is 1. The summed E-state index contributed by atoms with van der Waals surface area (Å²) in [5, 5.41) is 1.26. The molecule has 2 aromatic carbocycles. The standard InChI is InChI=1S/C27H27N3O2/c1-19-6-4-7-20(16-19)18-30-13-5-9-23(27(30)32)26(31)29-14-11-21(12-15-29)24-17-28-25-10-3-2-8-22(24)25/h2-10,13,16-17,21,28H,11-12,14-15,18H2,1H3. The quantitative estimate of drug-likeness (QED) is 0.515. The average molecular weight is 426 g/mol. The van der Waals surface area contributed by atoms with Gasteiger partial charge in [-0.2, -0.15) is 0 Å². The normalized spacial score (nSPS) is 14.7. The van der Waals surface area contributed by atoms with Crippen LogP contribution in [0.5, 0.6) is 0 Å².